The highest BCUT2D eigenvalue weighted by molar-refractivity contribution is 7.20. The molecule has 10 aromatic rings. The Kier molecular flexibility index (Phi) is 9.10. The van der Waals surface area contributed by atoms with E-state index in [0.29, 0.717) is 0 Å². The fourth-order valence-electron chi connectivity index (χ4n) is 10.8. The summed E-state index contributed by atoms with van der Waals surface area (Å²) >= 11 is 0. The number of rotatable bonds is 7. The first kappa shape index (κ1) is 37.8. The molecule has 2 heterocycles. The summed E-state index contributed by atoms with van der Waals surface area (Å²) in [4.78, 5) is 2.47. The minimum Gasteiger partial charge on any atom is -0.457 e. The summed E-state index contributed by atoms with van der Waals surface area (Å²) < 4.78 is 6.83. The second-order valence-corrected chi connectivity index (χ2v) is 20.5. The molecule has 0 saturated carbocycles. The zero-order valence-corrected chi connectivity index (χ0v) is 36.2. The highest BCUT2D eigenvalue weighted by Gasteiger charge is 2.57. The van der Waals surface area contributed by atoms with Crippen LogP contribution in [0, 0.1) is 0 Å². The second kappa shape index (κ2) is 15.4. The molecule has 2 nitrogen and oxygen atoms in total. The van der Waals surface area contributed by atoms with Gasteiger partial charge in [0, 0.05) is 28.2 Å². The van der Waals surface area contributed by atoms with E-state index in [4.69, 9.17) is 4.74 Å². The molecule has 0 amide bonds. The van der Waals surface area contributed by atoms with Gasteiger partial charge in [0.05, 0.1) is 5.41 Å². The van der Waals surface area contributed by atoms with Crippen molar-refractivity contribution >= 4 is 45.9 Å². The van der Waals surface area contributed by atoms with Crippen LogP contribution in [0.3, 0.4) is 0 Å². The van der Waals surface area contributed by atoms with Crippen LogP contribution in [0.1, 0.15) is 22.3 Å². The average molecular weight is 834 g/mol. The quantitative estimate of drug-likeness (QED) is 0.148. The number of nitrogens with zero attached hydrogens (tertiary/aromatic N) is 1. The lowest BCUT2D eigenvalue weighted by molar-refractivity contribution is 0.435. The van der Waals surface area contributed by atoms with Gasteiger partial charge in [-0.2, -0.15) is 0 Å². The number of hydrogen-bond donors (Lipinski definition) is 0. The highest BCUT2D eigenvalue weighted by Crippen LogP contribution is 2.56. The zero-order valence-electron chi connectivity index (χ0n) is 35.2. The highest BCUT2D eigenvalue weighted by atomic mass is 28.3. The van der Waals surface area contributed by atoms with Crippen molar-refractivity contribution in [2.45, 2.75) is 5.41 Å². The van der Waals surface area contributed by atoms with Crippen LogP contribution in [0.2, 0.25) is 0 Å². The number of benzene rings is 10. The van der Waals surface area contributed by atoms with Gasteiger partial charge in [0.1, 0.15) is 11.5 Å². The molecule has 0 aliphatic carbocycles. The predicted octanol–water partition coefficient (Wildman–Crippen LogP) is 12.7. The van der Waals surface area contributed by atoms with Crippen molar-refractivity contribution in [2.24, 2.45) is 0 Å². The van der Waals surface area contributed by atoms with E-state index in [-0.39, 0.29) is 0 Å². The van der Waals surface area contributed by atoms with Gasteiger partial charge in [0.2, 0.25) is 0 Å². The molecule has 0 atom stereocenters. The van der Waals surface area contributed by atoms with E-state index in [1.807, 2.05) is 0 Å². The van der Waals surface area contributed by atoms with Crippen molar-refractivity contribution in [2.75, 3.05) is 4.90 Å². The van der Waals surface area contributed by atoms with Crippen molar-refractivity contribution in [3.8, 4) is 33.8 Å². The van der Waals surface area contributed by atoms with Crippen molar-refractivity contribution in [1.82, 2.24) is 0 Å². The Morgan fingerprint density at radius 3 is 1.28 bits per heavy atom. The Hall–Kier alpha value is -7.98. The normalized spacial score (nSPS) is 13.7. The average Bonchev–Trinajstić information content (AvgIpc) is 3.38. The maximum atomic E-state index is 6.83. The number of hydrogen-bond acceptors (Lipinski definition) is 2. The summed E-state index contributed by atoms with van der Waals surface area (Å²) in [7, 11) is -3.10. The van der Waals surface area contributed by atoms with Crippen molar-refractivity contribution in [1.29, 1.82) is 0 Å². The first-order valence-electron chi connectivity index (χ1n) is 22.1. The molecule has 0 N–H and O–H groups in total. The molecule has 302 valence electrons. The fourth-order valence-corrected chi connectivity index (χ4v) is 16.1. The maximum absolute atomic E-state index is 6.83. The third-order valence-corrected chi connectivity index (χ3v) is 18.3. The van der Waals surface area contributed by atoms with Crippen LogP contribution in [-0.2, 0) is 5.41 Å². The molecule has 0 saturated heterocycles. The van der Waals surface area contributed by atoms with Crippen LogP contribution in [-0.4, -0.2) is 8.07 Å². The second-order valence-electron chi connectivity index (χ2n) is 16.8. The molecule has 0 aromatic heterocycles. The Morgan fingerprint density at radius 1 is 0.297 bits per heavy atom. The van der Waals surface area contributed by atoms with E-state index in [1.54, 1.807) is 0 Å². The topological polar surface area (TPSA) is 12.5 Å². The van der Waals surface area contributed by atoms with Gasteiger partial charge in [-0.05, 0) is 109 Å². The number of para-hydroxylation sites is 3. The Morgan fingerprint density at radius 2 is 0.734 bits per heavy atom. The van der Waals surface area contributed by atoms with Crippen LogP contribution >= 0.6 is 0 Å². The Bertz CT molecular complexity index is 3160. The first-order valence-corrected chi connectivity index (χ1v) is 24.1. The SMILES string of the molecule is c1ccc(-c2cc(-c3ccccc3)cc(N(c3ccccc3)c3ccc4c(c3)[Si](c3ccccc3)(c3ccccc3)c3ccccc3C43c4ccccc4Oc4ccccc43)c2)cc1. The molecule has 12 rings (SSSR count). The maximum Gasteiger partial charge on any atom is 0.180 e. The van der Waals surface area contributed by atoms with Crippen LogP contribution in [0.4, 0.5) is 17.1 Å². The van der Waals surface area contributed by atoms with Crippen molar-refractivity contribution < 1.29 is 4.74 Å². The van der Waals surface area contributed by atoms with Crippen LogP contribution < -0.4 is 30.4 Å². The summed E-state index contributed by atoms with van der Waals surface area (Å²) in [5.74, 6) is 1.77. The van der Waals surface area contributed by atoms with Crippen molar-refractivity contribution in [3.05, 3.63) is 283 Å². The van der Waals surface area contributed by atoms with Gasteiger partial charge in [-0.3, -0.25) is 0 Å². The molecular formula is C61H43NOSi. The zero-order chi connectivity index (χ0) is 42.5. The van der Waals surface area contributed by atoms with E-state index in [1.165, 1.54) is 43.0 Å². The number of fused-ring (bicyclic) bond motifs is 8. The van der Waals surface area contributed by atoms with E-state index >= 15 is 0 Å². The molecule has 2 aliphatic heterocycles. The van der Waals surface area contributed by atoms with E-state index in [2.05, 4.69) is 266 Å². The van der Waals surface area contributed by atoms with Gasteiger partial charge in [0.25, 0.3) is 0 Å². The van der Waals surface area contributed by atoms with Gasteiger partial charge >= 0.3 is 0 Å². The third-order valence-electron chi connectivity index (χ3n) is 13.4. The van der Waals surface area contributed by atoms with E-state index in [9.17, 15) is 0 Å². The third kappa shape index (κ3) is 5.78. The predicted molar refractivity (Wildman–Crippen MR) is 268 cm³/mol. The summed E-state index contributed by atoms with van der Waals surface area (Å²) in [5, 5.41) is 5.43. The lowest BCUT2D eigenvalue weighted by atomic mass is 9.63. The minimum absolute atomic E-state index is 0.665. The summed E-state index contributed by atoms with van der Waals surface area (Å²) in [5.41, 5.74) is 12.2. The molecule has 0 radical (unpaired) electrons. The van der Waals surface area contributed by atoms with Gasteiger partial charge in [0.15, 0.2) is 8.07 Å². The van der Waals surface area contributed by atoms with E-state index < -0.39 is 13.5 Å². The Labute approximate surface area is 376 Å². The largest absolute Gasteiger partial charge is 0.457 e. The van der Waals surface area contributed by atoms with Crippen LogP contribution in [0.15, 0.2) is 261 Å². The molecule has 10 aromatic carbocycles. The lowest BCUT2D eigenvalue weighted by Gasteiger charge is -2.51. The molecular weight excluding hydrogens is 791 g/mol. The molecule has 0 bridgehead atoms. The molecule has 3 heteroatoms. The summed E-state index contributed by atoms with van der Waals surface area (Å²) in [6, 6.07) is 96.2. The lowest BCUT2D eigenvalue weighted by Crippen LogP contribution is -2.79. The van der Waals surface area contributed by atoms with Crippen molar-refractivity contribution in [3.63, 3.8) is 0 Å². The Balaban J connectivity index is 1.22. The smallest absolute Gasteiger partial charge is 0.180 e. The summed E-state index contributed by atoms with van der Waals surface area (Å²) in [6.07, 6.45) is 0. The molecule has 2 aliphatic rings. The molecule has 64 heavy (non-hydrogen) atoms. The first-order chi connectivity index (χ1) is 31.7. The molecule has 1 spiro atoms. The number of ether oxygens (including phenoxy) is 1. The molecule has 0 unspecified atom stereocenters. The van der Waals surface area contributed by atoms with Crippen LogP contribution in [0.25, 0.3) is 22.3 Å². The monoisotopic (exact) mass is 833 g/mol. The van der Waals surface area contributed by atoms with Gasteiger partial charge in [-0.1, -0.05) is 206 Å². The van der Waals surface area contributed by atoms with Gasteiger partial charge in [-0.15, -0.1) is 0 Å². The fraction of sp³-hybridized carbons (Fsp3) is 0.0164. The van der Waals surface area contributed by atoms with Gasteiger partial charge in [-0.25, -0.2) is 0 Å². The van der Waals surface area contributed by atoms with Crippen LogP contribution in [0.5, 0.6) is 11.5 Å². The standard InChI is InChI=1S/C61H43NOSi/c1-6-22-44(23-7-1)46-40-47(45-24-8-2-9-25-45)42-50(41-46)62(48-26-10-3-11-27-48)49-38-39-56-60(43-49)64(51-28-12-4-13-29-51,52-30-14-5-15-31-52)59-37-21-18-34-55(59)61(56)53-32-16-19-35-57(53)63-58-36-20-17-33-54(58)61/h1-43H. The van der Waals surface area contributed by atoms with Gasteiger partial charge < -0.3 is 9.64 Å². The summed E-state index contributed by atoms with van der Waals surface area (Å²) in [6.45, 7) is 0. The number of anilines is 3. The van der Waals surface area contributed by atoms with E-state index in [0.717, 1.165) is 50.8 Å². The molecule has 0 fully saturated rings. The minimum atomic E-state index is -3.10.